The smallest absolute Gasteiger partial charge is 0.0215 e. The van der Waals surface area contributed by atoms with E-state index in [0.717, 1.165) is 0 Å². The Morgan fingerprint density at radius 2 is 0.221 bits per heavy atom. The molecule has 0 fully saturated rings. The Labute approximate surface area is 889 Å². The van der Waals surface area contributed by atoms with E-state index in [1.807, 2.05) is 0 Å². The first-order valence-electron chi connectivity index (χ1n) is 62.9. The van der Waals surface area contributed by atoms with Crippen LogP contribution in [0.2, 0.25) is 0 Å². The Bertz CT molecular complexity index is 5160. The molecule has 0 nitrogen and oxygen atoms in total. The maximum absolute atomic E-state index is 2.84. The van der Waals surface area contributed by atoms with E-state index >= 15 is 0 Å². The van der Waals surface area contributed by atoms with Gasteiger partial charge >= 0.3 is 0 Å². The van der Waals surface area contributed by atoms with E-state index in [4.69, 9.17) is 0 Å². The zero-order valence-corrected chi connectivity index (χ0v) is 94.5. The highest BCUT2D eigenvalue weighted by Crippen LogP contribution is 2.64. The van der Waals surface area contributed by atoms with Gasteiger partial charge in [-0.15, -0.1) is 0 Å². The summed E-state index contributed by atoms with van der Waals surface area (Å²) in [5, 5.41) is 0. The fourth-order valence-corrected chi connectivity index (χ4v) is 29.2. The molecule has 0 spiro atoms. The van der Waals surface area contributed by atoms with Crippen molar-refractivity contribution in [3.8, 4) is 100 Å². The predicted octanol–water partition coefficient (Wildman–Crippen LogP) is 47.2. The summed E-state index contributed by atoms with van der Waals surface area (Å²) in [6.07, 6.45) is 91.8. The van der Waals surface area contributed by atoms with Crippen molar-refractivity contribution >= 4 is 0 Å². The number of unbranched alkanes of at least 4 members (excludes halogenated alkanes) is 50. The third-order valence-electron chi connectivity index (χ3n) is 37.5. The van der Waals surface area contributed by atoms with Gasteiger partial charge in [-0.25, -0.2) is 0 Å². The van der Waals surface area contributed by atoms with Crippen molar-refractivity contribution < 1.29 is 0 Å². The van der Waals surface area contributed by atoms with Gasteiger partial charge in [0.1, 0.15) is 0 Å². The maximum Gasteiger partial charge on any atom is 0.0215 e. The summed E-state index contributed by atoms with van der Waals surface area (Å²) in [5.74, 6) is 0. The lowest BCUT2D eigenvalue weighted by Crippen LogP contribution is -2.26. The van der Waals surface area contributed by atoms with Crippen molar-refractivity contribution in [3.63, 3.8) is 0 Å². The molecule has 5 aliphatic carbocycles. The zero-order chi connectivity index (χ0) is 101. The highest BCUT2D eigenvalue weighted by atomic mass is 14.5. The number of fused-ring (bicyclic) bond motifs is 15. The second kappa shape index (κ2) is 57.4. The second-order valence-electron chi connectivity index (χ2n) is 47.8. The molecule has 0 saturated heterocycles. The number of hydrogen-bond acceptors (Lipinski definition) is 0. The zero-order valence-electron chi connectivity index (χ0n) is 94.5. The topological polar surface area (TPSA) is 0 Å². The third kappa shape index (κ3) is 26.5. The summed E-state index contributed by atoms with van der Waals surface area (Å²) in [4.78, 5) is 0. The molecule has 0 heteroatoms. The van der Waals surface area contributed by atoms with Crippen LogP contribution in [0.4, 0.5) is 0 Å². The van der Waals surface area contributed by atoms with Crippen molar-refractivity contribution in [2.45, 2.75) is 546 Å². The van der Waals surface area contributed by atoms with Gasteiger partial charge in [0, 0.05) is 27.1 Å². The lowest BCUT2D eigenvalue weighted by atomic mass is 9.69. The highest BCUT2D eigenvalue weighted by molar-refractivity contribution is 5.93. The number of hydrogen-bond donors (Lipinski definition) is 0. The van der Waals surface area contributed by atoms with Crippen molar-refractivity contribution in [2.75, 3.05) is 0 Å². The molecule has 782 valence electrons. The normalized spacial score (nSPS) is 14.6. The fourth-order valence-electron chi connectivity index (χ4n) is 29.2. The van der Waals surface area contributed by atoms with Gasteiger partial charge in [0.05, 0.1) is 0 Å². The first-order valence-corrected chi connectivity index (χ1v) is 62.9. The molecule has 0 unspecified atom stereocenters. The summed E-state index contributed by atoms with van der Waals surface area (Å²) in [6.45, 7) is 23.8. The Morgan fingerprint density at radius 1 is 0.110 bits per heavy atom. The van der Waals surface area contributed by atoms with Crippen molar-refractivity contribution in [2.24, 2.45) is 0 Å². The maximum atomic E-state index is 2.84. The monoisotopic (exact) mass is 1940 g/mol. The van der Waals surface area contributed by atoms with Crippen LogP contribution in [0.3, 0.4) is 0 Å². The van der Waals surface area contributed by atoms with E-state index in [0.29, 0.717) is 0 Å². The van der Waals surface area contributed by atoms with Crippen LogP contribution < -0.4 is 0 Å². The van der Waals surface area contributed by atoms with Gasteiger partial charge in [0.2, 0.25) is 0 Å². The molecule has 0 heterocycles. The summed E-state index contributed by atoms with van der Waals surface area (Å²) in [7, 11) is 0. The molecule has 0 amide bonds. The van der Waals surface area contributed by atoms with Gasteiger partial charge in [0.25, 0.3) is 0 Å². The van der Waals surface area contributed by atoms with E-state index in [-0.39, 0.29) is 27.1 Å². The number of rotatable bonds is 74. The van der Waals surface area contributed by atoms with Crippen molar-refractivity contribution in [1.29, 1.82) is 0 Å². The molecule has 0 atom stereocenters. The lowest BCUT2D eigenvalue weighted by Gasteiger charge is -2.34. The molecule has 0 aliphatic heterocycles. The Morgan fingerprint density at radius 3 is 0.359 bits per heavy atom. The van der Waals surface area contributed by atoms with Gasteiger partial charge in [-0.2, -0.15) is 0 Å². The molecular weight excluding hydrogens is 1740 g/mol. The Hall–Kier alpha value is -7.80. The van der Waals surface area contributed by atoms with Gasteiger partial charge in [0.15, 0.2) is 0 Å². The summed E-state index contributed by atoms with van der Waals surface area (Å²) in [6, 6.07) is 83.8. The highest BCUT2D eigenvalue weighted by Gasteiger charge is 2.49. The van der Waals surface area contributed by atoms with Crippen LogP contribution in [0.5, 0.6) is 0 Å². The van der Waals surface area contributed by atoms with Crippen LogP contribution >= 0.6 is 0 Å². The van der Waals surface area contributed by atoms with E-state index in [9.17, 15) is 0 Å². The first-order chi connectivity index (χ1) is 71.5. The van der Waals surface area contributed by atoms with Crippen molar-refractivity contribution in [1.82, 2.24) is 0 Å². The van der Waals surface area contributed by atoms with Crippen LogP contribution in [0, 0.1) is 0 Å². The van der Waals surface area contributed by atoms with E-state index < -0.39 is 0 Å². The minimum atomic E-state index is -0.109. The van der Waals surface area contributed by atoms with Gasteiger partial charge in [-0.1, -0.05) is 600 Å². The van der Waals surface area contributed by atoms with E-state index in [1.165, 1.54) is 550 Å². The molecule has 10 aromatic carbocycles. The van der Waals surface area contributed by atoms with Crippen LogP contribution in [0.15, 0.2) is 194 Å². The standard InChI is InChI=1S/C145H202/c1-11-21-31-41-51-65-95-141(96-66-52-42-32-22-12-2)131-77-63-61-75-121(131)123-87-79-113(105-133(123)141)115-81-89-125-127-91-83-117(109-137(127)143(135(125)107-115,99-69-55-45-35-25-15-5)100-70-56-46-36-26-16-6)119-85-93-129-130-94-86-120(112-140(130)145(139(129)111-119,103-73-59-49-39-29-19-9)104-74-60-50-40-30-20-10)118-84-92-128-126-90-82-116(108-136(126)144(138(128)110-118,101-71-57-47-37-27-17-7)102-72-58-48-38-28-18-8)114-80-88-124-122-76-62-64-78-132(122)142(134(124)106-114,97-67-53-43-33-23-13-3)98-68-54-44-34-24-14-4/h61-64,75-94,105-112H,11-60,65-74,95-104H2,1-10H3. The minimum Gasteiger partial charge on any atom is -0.0654 e. The van der Waals surface area contributed by atoms with Crippen LogP contribution in [0.1, 0.15) is 574 Å². The third-order valence-corrected chi connectivity index (χ3v) is 37.5. The Balaban J connectivity index is 0.834. The molecule has 10 aromatic rings. The van der Waals surface area contributed by atoms with E-state index in [1.54, 1.807) is 55.6 Å². The molecule has 5 aliphatic rings. The molecule has 0 radical (unpaired) electrons. The summed E-state index contributed by atoms with van der Waals surface area (Å²) >= 11 is 0. The molecule has 0 aromatic heterocycles. The van der Waals surface area contributed by atoms with Crippen molar-refractivity contribution in [3.05, 3.63) is 250 Å². The molecule has 0 bridgehead atoms. The molecule has 0 N–H and O–H groups in total. The Kier molecular flexibility index (Phi) is 44.1. The predicted molar refractivity (Wildman–Crippen MR) is 639 cm³/mol. The number of benzene rings is 10. The first kappa shape index (κ1) is 111. The van der Waals surface area contributed by atoms with Gasteiger partial charge in [-0.05, 0) is 269 Å². The van der Waals surface area contributed by atoms with Crippen LogP contribution in [-0.2, 0) is 27.1 Å². The molecule has 15 rings (SSSR count). The summed E-state index contributed by atoms with van der Waals surface area (Å²) < 4.78 is 0. The average molecular weight is 1950 g/mol. The second-order valence-corrected chi connectivity index (χ2v) is 47.8. The molecular formula is C145H202. The molecule has 0 saturated carbocycles. The lowest BCUT2D eigenvalue weighted by molar-refractivity contribution is 0.397. The average Bonchev–Trinajstić information content (AvgIpc) is 1.57. The SMILES string of the molecule is CCCCCCCCC1(CCCCCCCC)c2ccccc2-c2ccc(-c3ccc4c(c3)C(CCCCCCCC)(CCCCCCCC)c3cc(-c5ccc6c(c5)C(CCCCCCCC)(CCCCCCCC)c5cc(-c7ccc8c(c7)C(CCCCCCCC)(CCCCCCCC)c7cc(-c9ccc%10c(c9)C(CCCCCCCC)(CCCCCCCC)c9ccccc9-%10)ccc7-8)ccc5-6)ccc3-4)cc21. The van der Waals surface area contributed by atoms with Gasteiger partial charge in [-0.3, -0.25) is 0 Å². The minimum absolute atomic E-state index is 0.0387. The summed E-state index contributed by atoms with van der Waals surface area (Å²) in [5.41, 5.74) is 42.5. The van der Waals surface area contributed by atoms with Crippen LogP contribution in [-0.4, -0.2) is 0 Å². The van der Waals surface area contributed by atoms with Crippen LogP contribution in [0.25, 0.3) is 100 Å². The largest absolute Gasteiger partial charge is 0.0654 e. The van der Waals surface area contributed by atoms with E-state index in [2.05, 4.69) is 263 Å². The quantitative estimate of drug-likeness (QED) is 0.0333. The fraction of sp³-hybridized carbons (Fsp3) is 0.586. The van der Waals surface area contributed by atoms with Gasteiger partial charge < -0.3 is 0 Å². The molecule has 145 heavy (non-hydrogen) atoms.